The Morgan fingerprint density at radius 2 is 2.18 bits per heavy atom. The Labute approximate surface area is 138 Å². The maximum atomic E-state index is 12.1. The minimum Gasteiger partial charge on any atom is -0.494 e. The second-order valence-corrected chi connectivity index (χ2v) is 4.98. The molecule has 0 aliphatic carbocycles. The van der Waals surface area contributed by atoms with Gasteiger partial charge in [0.2, 0.25) is 0 Å². The standard InChI is InChI=1S/C15H14ClN3O2S/c1-2-21-11-6-3-5-10(9-11)14(20)19-15(22)18-12-7-4-8-17-13(12)16/h3-9H,2H2,1H3,(H2,18,19,20,22). The molecule has 0 saturated heterocycles. The lowest BCUT2D eigenvalue weighted by Gasteiger charge is -2.11. The van der Waals surface area contributed by atoms with E-state index in [0.29, 0.717) is 23.6 Å². The van der Waals surface area contributed by atoms with Crippen molar-refractivity contribution in [2.45, 2.75) is 6.92 Å². The van der Waals surface area contributed by atoms with Crippen LogP contribution in [0, 0.1) is 0 Å². The molecule has 0 aliphatic heterocycles. The molecule has 1 aromatic heterocycles. The fourth-order valence-electron chi connectivity index (χ4n) is 1.70. The molecule has 0 saturated carbocycles. The Bertz CT molecular complexity index is 694. The van der Waals surface area contributed by atoms with Crippen LogP contribution in [0.5, 0.6) is 5.75 Å². The van der Waals surface area contributed by atoms with Crippen LogP contribution in [0.4, 0.5) is 5.69 Å². The van der Waals surface area contributed by atoms with Crippen LogP contribution in [0.3, 0.4) is 0 Å². The van der Waals surface area contributed by atoms with E-state index in [4.69, 9.17) is 28.6 Å². The van der Waals surface area contributed by atoms with E-state index in [1.807, 2.05) is 6.92 Å². The van der Waals surface area contributed by atoms with Gasteiger partial charge >= 0.3 is 0 Å². The largest absolute Gasteiger partial charge is 0.494 e. The summed E-state index contributed by atoms with van der Waals surface area (Å²) in [7, 11) is 0. The lowest BCUT2D eigenvalue weighted by molar-refractivity contribution is 0.0977. The summed E-state index contributed by atoms with van der Waals surface area (Å²) in [5.74, 6) is 0.295. The third-order valence-electron chi connectivity index (χ3n) is 2.64. The van der Waals surface area contributed by atoms with E-state index in [0.717, 1.165) is 0 Å². The maximum Gasteiger partial charge on any atom is 0.257 e. The van der Waals surface area contributed by atoms with Crippen molar-refractivity contribution in [2.24, 2.45) is 0 Å². The van der Waals surface area contributed by atoms with Gasteiger partial charge in [0.05, 0.1) is 12.3 Å². The van der Waals surface area contributed by atoms with Crippen molar-refractivity contribution in [3.63, 3.8) is 0 Å². The monoisotopic (exact) mass is 335 g/mol. The van der Waals surface area contributed by atoms with Gasteiger partial charge in [0.1, 0.15) is 5.75 Å². The molecule has 1 aromatic carbocycles. The van der Waals surface area contributed by atoms with Crippen molar-refractivity contribution in [3.05, 3.63) is 53.3 Å². The van der Waals surface area contributed by atoms with Crippen molar-refractivity contribution in [2.75, 3.05) is 11.9 Å². The van der Waals surface area contributed by atoms with Crippen LogP contribution in [0.1, 0.15) is 17.3 Å². The first-order chi connectivity index (χ1) is 10.6. The highest BCUT2D eigenvalue weighted by Crippen LogP contribution is 2.17. The lowest BCUT2D eigenvalue weighted by Crippen LogP contribution is -2.34. The van der Waals surface area contributed by atoms with Crippen LogP contribution in [0.15, 0.2) is 42.6 Å². The normalized spacial score (nSPS) is 9.91. The van der Waals surface area contributed by atoms with Crippen LogP contribution in [0.2, 0.25) is 5.15 Å². The third-order valence-corrected chi connectivity index (χ3v) is 3.15. The second-order valence-electron chi connectivity index (χ2n) is 4.21. The summed E-state index contributed by atoms with van der Waals surface area (Å²) in [4.78, 5) is 16.1. The number of carbonyl (C=O) groups excluding carboxylic acids is 1. The fraction of sp³-hybridized carbons (Fsp3) is 0.133. The number of pyridine rings is 1. The third kappa shape index (κ3) is 4.41. The van der Waals surface area contributed by atoms with Crippen molar-refractivity contribution in [3.8, 4) is 5.75 Å². The zero-order valence-corrected chi connectivity index (χ0v) is 13.4. The van der Waals surface area contributed by atoms with E-state index < -0.39 is 0 Å². The molecule has 0 unspecified atom stereocenters. The highest BCUT2D eigenvalue weighted by Gasteiger charge is 2.10. The molecule has 0 fully saturated rings. The summed E-state index contributed by atoms with van der Waals surface area (Å²) >= 11 is 11.0. The Kier molecular flexibility index (Phi) is 5.68. The van der Waals surface area contributed by atoms with Crippen molar-refractivity contribution >= 4 is 40.5 Å². The molecule has 0 aliphatic rings. The number of anilines is 1. The molecule has 1 heterocycles. The highest BCUT2D eigenvalue weighted by atomic mass is 35.5. The Hall–Kier alpha value is -2.18. The second kappa shape index (κ2) is 7.72. The number of hydrogen-bond acceptors (Lipinski definition) is 4. The molecule has 2 rings (SSSR count). The average molecular weight is 336 g/mol. The lowest BCUT2D eigenvalue weighted by atomic mass is 10.2. The van der Waals surface area contributed by atoms with Gasteiger partial charge in [-0.05, 0) is 49.5 Å². The zero-order chi connectivity index (χ0) is 15.9. The summed E-state index contributed by atoms with van der Waals surface area (Å²) < 4.78 is 5.36. The number of hydrogen-bond donors (Lipinski definition) is 2. The Morgan fingerprint density at radius 3 is 2.91 bits per heavy atom. The van der Waals surface area contributed by atoms with Crippen molar-refractivity contribution < 1.29 is 9.53 Å². The molecular formula is C15H14ClN3O2S. The van der Waals surface area contributed by atoms with Gasteiger partial charge in [0.25, 0.3) is 5.91 Å². The van der Waals surface area contributed by atoms with Gasteiger partial charge < -0.3 is 10.1 Å². The number of nitrogens with zero attached hydrogens (tertiary/aromatic N) is 1. The number of rotatable bonds is 4. The number of amides is 1. The van der Waals surface area contributed by atoms with Gasteiger partial charge in [-0.25, -0.2) is 4.98 Å². The van der Waals surface area contributed by atoms with E-state index in [1.54, 1.807) is 42.6 Å². The van der Waals surface area contributed by atoms with E-state index in [-0.39, 0.29) is 16.2 Å². The van der Waals surface area contributed by atoms with Crippen LogP contribution in [0.25, 0.3) is 0 Å². The number of carbonyl (C=O) groups is 1. The number of benzene rings is 1. The molecule has 1 amide bonds. The number of halogens is 1. The summed E-state index contributed by atoms with van der Waals surface area (Å²) in [5, 5.41) is 5.82. The SMILES string of the molecule is CCOc1cccc(C(=O)NC(=S)Nc2cccnc2Cl)c1. The molecule has 7 heteroatoms. The van der Waals surface area contributed by atoms with Crippen molar-refractivity contribution in [1.82, 2.24) is 10.3 Å². The van der Waals surface area contributed by atoms with Crippen LogP contribution >= 0.6 is 23.8 Å². The van der Waals surface area contributed by atoms with Gasteiger partial charge in [-0.1, -0.05) is 17.7 Å². The minimum absolute atomic E-state index is 0.140. The predicted octanol–water partition coefficient (Wildman–Crippen LogP) is 3.26. The fourth-order valence-corrected chi connectivity index (χ4v) is 2.07. The van der Waals surface area contributed by atoms with Crippen LogP contribution in [-0.2, 0) is 0 Å². The Morgan fingerprint density at radius 1 is 1.36 bits per heavy atom. The number of thiocarbonyl (C=S) groups is 1. The first kappa shape index (κ1) is 16.2. The molecule has 2 N–H and O–H groups in total. The van der Waals surface area contributed by atoms with E-state index in [1.165, 1.54) is 0 Å². The van der Waals surface area contributed by atoms with Crippen molar-refractivity contribution in [1.29, 1.82) is 0 Å². The summed E-state index contributed by atoms with van der Waals surface area (Å²) in [6.45, 7) is 2.41. The van der Waals surface area contributed by atoms with Gasteiger partial charge in [-0.2, -0.15) is 0 Å². The van der Waals surface area contributed by atoms with Gasteiger partial charge in [-0.15, -0.1) is 0 Å². The van der Waals surface area contributed by atoms with Gasteiger partial charge in [0, 0.05) is 11.8 Å². The molecule has 2 aromatic rings. The molecular weight excluding hydrogens is 322 g/mol. The molecule has 22 heavy (non-hydrogen) atoms. The summed E-state index contributed by atoms with van der Waals surface area (Å²) in [5.41, 5.74) is 0.977. The zero-order valence-electron chi connectivity index (χ0n) is 11.8. The number of ether oxygens (including phenoxy) is 1. The molecule has 114 valence electrons. The molecule has 5 nitrogen and oxygen atoms in total. The molecule has 0 radical (unpaired) electrons. The average Bonchev–Trinajstić information content (AvgIpc) is 2.50. The maximum absolute atomic E-state index is 12.1. The number of aromatic nitrogens is 1. The smallest absolute Gasteiger partial charge is 0.257 e. The van der Waals surface area contributed by atoms with E-state index in [9.17, 15) is 4.79 Å². The van der Waals surface area contributed by atoms with E-state index >= 15 is 0 Å². The van der Waals surface area contributed by atoms with Gasteiger partial charge in [-0.3, -0.25) is 10.1 Å². The van der Waals surface area contributed by atoms with Gasteiger partial charge in [0.15, 0.2) is 10.3 Å². The Balaban J connectivity index is 2.01. The number of nitrogens with one attached hydrogen (secondary N) is 2. The van der Waals surface area contributed by atoms with E-state index in [2.05, 4.69) is 15.6 Å². The first-order valence-corrected chi connectivity index (χ1v) is 7.34. The summed E-state index contributed by atoms with van der Waals surface area (Å²) in [6.07, 6.45) is 1.56. The first-order valence-electron chi connectivity index (χ1n) is 6.56. The minimum atomic E-state index is -0.334. The molecule has 0 bridgehead atoms. The quantitative estimate of drug-likeness (QED) is 0.663. The predicted molar refractivity (Wildman–Crippen MR) is 90.5 cm³/mol. The highest BCUT2D eigenvalue weighted by molar-refractivity contribution is 7.80. The summed E-state index contributed by atoms with van der Waals surface area (Å²) in [6, 6.07) is 10.3. The molecule has 0 spiro atoms. The van der Waals surface area contributed by atoms with Crippen LogP contribution in [-0.4, -0.2) is 22.6 Å². The molecule has 0 atom stereocenters. The topological polar surface area (TPSA) is 63.2 Å². The van der Waals surface area contributed by atoms with Crippen LogP contribution < -0.4 is 15.4 Å².